The van der Waals surface area contributed by atoms with Crippen LogP contribution in [0.3, 0.4) is 0 Å². The molecule has 126 valence electrons. The second kappa shape index (κ2) is 9.03. The Kier molecular flexibility index (Phi) is 6.75. The van der Waals surface area contributed by atoms with Crippen LogP contribution in [0.25, 0.3) is 6.08 Å². The van der Waals surface area contributed by atoms with Crippen molar-refractivity contribution in [2.45, 2.75) is 11.8 Å². The van der Waals surface area contributed by atoms with Gasteiger partial charge in [-0.1, -0.05) is 6.07 Å². The number of thioether (sulfide) groups is 1. The van der Waals surface area contributed by atoms with E-state index in [0.717, 1.165) is 16.1 Å². The van der Waals surface area contributed by atoms with Gasteiger partial charge in [0.15, 0.2) is 11.5 Å². The third-order valence-corrected chi connectivity index (χ3v) is 4.02. The first kappa shape index (κ1) is 17.9. The second-order valence-corrected chi connectivity index (χ2v) is 5.77. The number of benzene rings is 2. The molecule has 1 amide bonds. The zero-order valence-corrected chi connectivity index (χ0v) is 14.9. The molecule has 0 radical (unpaired) electrons. The summed E-state index contributed by atoms with van der Waals surface area (Å²) < 4.78 is 10.8. The fourth-order valence-corrected chi connectivity index (χ4v) is 2.50. The Labute approximate surface area is 146 Å². The minimum Gasteiger partial charge on any atom is -0.493 e. The van der Waals surface area contributed by atoms with Crippen LogP contribution in [0.1, 0.15) is 12.5 Å². The minimum absolute atomic E-state index is 0.180. The first-order chi connectivity index (χ1) is 11.7. The number of methoxy groups -OCH3 is 1. The van der Waals surface area contributed by atoms with E-state index in [1.807, 2.05) is 55.6 Å². The summed E-state index contributed by atoms with van der Waals surface area (Å²) in [7, 11) is 1.60. The molecular weight excluding hydrogens is 322 g/mol. The van der Waals surface area contributed by atoms with Crippen molar-refractivity contribution in [2.24, 2.45) is 0 Å². The molecule has 0 heterocycles. The highest BCUT2D eigenvalue weighted by atomic mass is 32.2. The first-order valence-corrected chi connectivity index (χ1v) is 8.82. The predicted molar refractivity (Wildman–Crippen MR) is 100 cm³/mol. The molecule has 0 unspecified atom stereocenters. The van der Waals surface area contributed by atoms with Gasteiger partial charge in [0.25, 0.3) is 0 Å². The van der Waals surface area contributed by atoms with Crippen molar-refractivity contribution in [1.82, 2.24) is 0 Å². The van der Waals surface area contributed by atoms with Crippen molar-refractivity contribution in [3.05, 3.63) is 54.1 Å². The van der Waals surface area contributed by atoms with E-state index in [1.54, 1.807) is 24.9 Å². The molecule has 0 saturated heterocycles. The van der Waals surface area contributed by atoms with Gasteiger partial charge in [-0.3, -0.25) is 4.79 Å². The molecular formula is C19H21NO3S. The van der Waals surface area contributed by atoms with Crippen molar-refractivity contribution in [1.29, 1.82) is 0 Å². The summed E-state index contributed by atoms with van der Waals surface area (Å²) in [5.41, 5.74) is 1.64. The molecule has 0 bridgehead atoms. The minimum atomic E-state index is -0.180. The number of anilines is 1. The van der Waals surface area contributed by atoms with Gasteiger partial charge in [-0.25, -0.2) is 0 Å². The topological polar surface area (TPSA) is 47.6 Å². The Morgan fingerprint density at radius 3 is 2.54 bits per heavy atom. The molecule has 1 N–H and O–H groups in total. The van der Waals surface area contributed by atoms with Gasteiger partial charge in [-0.05, 0) is 61.2 Å². The van der Waals surface area contributed by atoms with Crippen LogP contribution in [0.2, 0.25) is 0 Å². The maximum Gasteiger partial charge on any atom is 0.248 e. The van der Waals surface area contributed by atoms with Crippen LogP contribution in [-0.4, -0.2) is 25.9 Å². The Morgan fingerprint density at radius 2 is 1.92 bits per heavy atom. The van der Waals surface area contributed by atoms with Crippen molar-refractivity contribution < 1.29 is 14.3 Å². The Balaban J connectivity index is 2.03. The van der Waals surface area contributed by atoms with E-state index >= 15 is 0 Å². The number of carbonyl (C=O) groups is 1. The van der Waals surface area contributed by atoms with Crippen LogP contribution in [0.5, 0.6) is 11.5 Å². The number of hydrogen-bond donors (Lipinski definition) is 1. The number of ether oxygens (including phenoxy) is 2. The van der Waals surface area contributed by atoms with E-state index in [1.165, 1.54) is 6.08 Å². The van der Waals surface area contributed by atoms with Crippen molar-refractivity contribution in [3.8, 4) is 11.5 Å². The third kappa shape index (κ3) is 5.06. The summed E-state index contributed by atoms with van der Waals surface area (Å²) in [6, 6.07) is 13.3. The van der Waals surface area contributed by atoms with E-state index < -0.39 is 0 Å². The van der Waals surface area contributed by atoms with E-state index in [4.69, 9.17) is 9.47 Å². The summed E-state index contributed by atoms with van der Waals surface area (Å²) in [6.07, 6.45) is 5.26. The maximum absolute atomic E-state index is 12.0. The van der Waals surface area contributed by atoms with Crippen LogP contribution in [0.15, 0.2) is 53.4 Å². The first-order valence-electron chi connectivity index (χ1n) is 7.60. The SMILES string of the molecule is CCOc1cc(/C=C/C(=O)Nc2ccc(SC)cc2)ccc1OC. The molecule has 0 aliphatic heterocycles. The Hall–Kier alpha value is -2.40. The van der Waals surface area contributed by atoms with Crippen LogP contribution in [0, 0.1) is 0 Å². The van der Waals surface area contributed by atoms with Crippen molar-refractivity contribution in [3.63, 3.8) is 0 Å². The molecule has 0 fully saturated rings. The maximum atomic E-state index is 12.0. The fourth-order valence-electron chi connectivity index (χ4n) is 2.10. The summed E-state index contributed by atoms with van der Waals surface area (Å²) in [4.78, 5) is 13.2. The van der Waals surface area contributed by atoms with E-state index in [0.29, 0.717) is 18.1 Å². The number of rotatable bonds is 7. The lowest BCUT2D eigenvalue weighted by Crippen LogP contribution is -2.07. The summed E-state index contributed by atoms with van der Waals surface area (Å²) in [5, 5.41) is 2.83. The molecule has 0 saturated carbocycles. The number of nitrogens with one attached hydrogen (secondary N) is 1. The normalized spacial score (nSPS) is 10.6. The van der Waals surface area contributed by atoms with E-state index in [2.05, 4.69) is 5.32 Å². The highest BCUT2D eigenvalue weighted by Crippen LogP contribution is 2.28. The molecule has 2 rings (SSSR count). The smallest absolute Gasteiger partial charge is 0.248 e. The number of amides is 1. The molecule has 2 aromatic rings. The lowest BCUT2D eigenvalue weighted by molar-refractivity contribution is -0.111. The largest absolute Gasteiger partial charge is 0.493 e. The average Bonchev–Trinajstić information content (AvgIpc) is 2.61. The van der Waals surface area contributed by atoms with Gasteiger partial charge in [-0.2, -0.15) is 0 Å². The standard InChI is InChI=1S/C19H21NO3S/c1-4-23-18-13-14(5-11-17(18)22-2)6-12-19(21)20-15-7-9-16(24-3)10-8-15/h5-13H,4H2,1-3H3,(H,20,21)/b12-6+. The molecule has 0 spiro atoms. The lowest BCUT2D eigenvalue weighted by Gasteiger charge is -2.09. The van der Waals surface area contributed by atoms with Gasteiger partial charge in [0.1, 0.15) is 0 Å². The van der Waals surface area contributed by atoms with E-state index in [-0.39, 0.29) is 5.91 Å². The van der Waals surface area contributed by atoms with Gasteiger partial charge >= 0.3 is 0 Å². The van der Waals surface area contributed by atoms with Crippen LogP contribution in [0.4, 0.5) is 5.69 Å². The third-order valence-electron chi connectivity index (χ3n) is 3.27. The van der Waals surface area contributed by atoms with Gasteiger partial charge in [-0.15, -0.1) is 11.8 Å². The molecule has 24 heavy (non-hydrogen) atoms. The Morgan fingerprint density at radius 1 is 1.17 bits per heavy atom. The highest BCUT2D eigenvalue weighted by Gasteiger charge is 2.04. The zero-order valence-electron chi connectivity index (χ0n) is 14.0. The molecule has 0 aromatic heterocycles. The summed E-state index contributed by atoms with van der Waals surface area (Å²) >= 11 is 1.66. The fraction of sp³-hybridized carbons (Fsp3) is 0.211. The monoisotopic (exact) mass is 343 g/mol. The van der Waals surface area contributed by atoms with Gasteiger partial charge in [0.2, 0.25) is 5.91 Å². The number of hydrogen-bond acceptors (Lipinski definition) is 4. The molecule has 0 aliphatic carbocycles. The lowest BCUT2D eigenvalue weighted by atomic mass is 10.2. The summed E-state index contributed by atoms with van der Waals surface area (Å²) in [6.45, 7) is 2.47. The van der Waals surface area contributed by atoms with Crippen LogP contribution >= 0.6 is 11.8 Å². The molecule has 4 nitrogen and oxygen atoms in total. The van der Waals surface area contributed by atoms with Crippen molar-refractivity contribution >= 4 is 29.4 Å². The predicted octanol–water partition coefficient (Wildman–Crippen LogP) is 4.47. The van der Waals surface area contributed by atoms with Gasteiger partial charge in [0, 0.05) is 16.7 Å². The quantitative estimate of drug-likeness (QED) is 0.595. The molecule has 0 atom stereocenters. The van der Waals surface area contributed by atoms with Crippen LogP contribution < -0.4 is 14.8 Å². The highest BCUT2D eigenvalue weighted by molar-refractivity contribution is 7.98. The molecule has 0 aliphatic rings. The van der Waals surface area contributed by atoms with Crippen LogP contribution in [-0.2, 0) is 4.79 Å². The van der Waals surface area contributed by atoms with E-state index in [9.17, 15) is 4.79 Å². The zero-order chi connectivity index (χ0) is 17.4. The van der Waals surface area contributed by atoms with Gasteiger partial charge in [0.05, 0.1) is 13.7 Å². The van der Waals surface area contributed by atoms with Gasteiger partial charge < -0.3 is 14.8 Å². The average molecular weight is 343 g/mol. The molecule has 5 heteroatoms. The Bertz CT molecular complexity index is 711. The number of carbonyl (C=O) groups excluding carboxylic acids is 1. The molecule has 2 aromatic carbocycles. The summed E-state index contributed by atoms with van der Waals surface area (Å²) in [5.74, 6) is 1.16. The second-order valence-electron chi connectivity index (χ2n) is 4.89. The van der Waals surface area contributed by atoms with Crippen molar-refractivity contribution in [2.75, 3.05) is 25.3 Å².